The van der Waals surface area contributed by atoms with Crippen molar-refractivity contribution in [1.29, 1.82) is 0 Å². The average Bonchev–Trinajstić information content (AvgIpc) is 2.03. The molecule has 0 bridgehead atoms. The summed E-state index contributed by atoms with van der Waals surface area (Å²) in [6.07, 6.45) is -4.40. The van der Waals surface area contributed by atoms with Gasteiger partial charge in [-0.15, -0.1) is 0 Å². The van der Waals surface area contributed by atoms with Crippen LogP contribution >= 0.6 is 22.6 Å². The number of rotatable bonds is 1. The van der Waals surface area contributed by atoms with E-state index in [-0.39, 0.29) is 15.8 Å². The van der Waals surface area contributed by atoms with Crippen LogP contribution in [0.3, 0.4) is 0 Å². The molecule has 1 rings (SSSR count). The molecule has 0 unspecified atom stereocenters. The summed E-state index contributed by atoms with van der Waals surface area (Å²) in [7, 11) is 0. The predicted molar refractivity (Wildman–Crippen MR) is 49.8 cm³/mol. The second-order valence-corrected chi connectivity index (χ2v) is 3.50. The van der Waals surface area contributed by atoms with Gasteiger partial charge in [-0.25, -0.2) is 4.98 Å². The molecule has 6 heteroatoms. The molecule has 0 saturated heterocycles. The van der Waals surface area contributed by atoms with Crippen molar-refractivity contribution < 1.29 is 13.2 Å². The van der Waals surface area contributed by atoms with Crippen molar-refractivity contribution in [1.82, 2.24) is 4.98 Å². The largest absolute Gasteiger partial charge is 0.434 e. The maximum Gasteiger partial charge on any atom is 0.434 e. The molecule has 0 aromatic carbocycles. The van der Waals surface area contributed by atoms with Gasteiger partial charge in [-0.05, 0) is 34.7 Å². The second-order valence-electron chi connectivity index (χ2n) is 2.33. The van der Waals surface area contributed by atoms with Gasteiger partial charge in [0.05, 0.1) is 5.69 Å². The molecule has 0 spiro atoms. The van der Waals surface area contributed by atoms with Crippen molar-refractivity contribution in [3.63, 3.8) is 0 Å². The number of aromatic nitrogens is 1. The van der Waals surface area contributed by atoms with Gasteiger partial charge in [-0.2, -0.15) is 13.2 Å². The number of nitrogens with two attached hydrogens (primary N) is 1. The lowest BCUT2D eigenvalue weighted by atomic mass is 10.3. The van der Waals surface area contributed by atoms with Crippen molar-refractivity contribution in [3.8, 4) is 0 Å². The van der Waals surface area contributed by atoms with Crippen LogP contribution in [0.25, 0.3) is 0 Å². The highest BCUT2D eigenvalue weighted by molar-refractivity contribution is 14.1. The summed E-state index contributed by atoms with van der Waals surface area (Å²) in [4.78, 5) is 3.40. The molecule has 2 N–H and O–H groups in total. The summed E-state index contributed by atoms with van der Waals surface area (Å²) in [5, 5.41) is 0. The van der Waals surface area contributed by atoms with E-state index in [9.17, 15) is 13.2 Å². The molecule has 0 aliphatic carbocycles. The first-order chi connectivity index (χ1) is 5.95. The van der Waals surface area contributed by atoms with Crippen molar-refractivity contribution >= 4 is 22.6 Å². The topological polar surface area (TPSA) is 38.9 Å². The Balaban J connectivity index is 3.19. The lowest BCUT2D eigenvalue weighted by Crippen LogP contribution is -2.13. The number of nitrogens with zero attached hydrogens (tertiary/aromatic N) is 1. The fourth-order valence-corrected chi connectivity index (χ4v) is 1.40. The van der Waals surface area contributed by atoms with Gasteiger partial charge in [-0.3, -0.25) is 0 Å². The third-order valence-electron chi connectivity index (χ3n) is 1.38. The van der Waals surface area contributed by atoms with Crippen LogP contribution in [-0.4, -0.2) is 4.98 Å². The molecule has 2 nitrogen and oxygen atoms in total. The molecule has 72 valence electrons. The van der Waals surface area contributed by atoms with Gasteiger partial charge in [0, 0.05) is 10.1 Å². The maximum absolute atomic E-state index is 12.3. The average molecular weight is 302 g/mol. The first kappa shape index (κ1) is 10.7. The Morgan fingerprint density at radius 1 is 1.38 bits per heavy atom. The Labute approximate surface area is 86.5 Å². The van der Waals surface area contributed by atoms with E-state index in [0.717, 1.165) is 0 Å². The Bertz CT molecular complexity index is 311. The highest BCUT2D eigenvalue weighted by Crippen LogP contribution is 2.31. The summed E-state index contributed by atoms with van der Waals surface area (Å²) < 4.78 is 36.9. The Kier molecular flexibility index (Phi) is 3.12. The zero-order valence-corrected chi connectivity index (χ0v) is 8.56. The van der Waals surface area contributed by atoms with Gasteiger partial charge in [0.25, 0.3) is 0 Å². The van der Waals surface area contributed by atoms with E-state index in [4.69, 9.17) is 5.73 Å². The van der Waals surface area contributed by atoms with Gasteiger partial charge in [-0.1, -0.05) is 0 Å². The number of halogens is 4. The predicted octanol–water partition coefficient (Wildman–Crippen LogP) is 2.16. The summed E-state index contributed by atoms with van der Waals surface area (Å²) in [5.41, 5.74) is 4.56. The highest BCUT2D eigenvalue weighted by atomic mass is 127. The molecule has 0 saturated carbocycles. The number of pyridine rings is 1. The molecular formula is C7H6F3IN2. The Hall–Kier alpha value is -0.370. The second kappa shape index (κ2) is 3.79. The van der Waals surface area contributed by atoms with Crippen LogP contribution in [0.5, 0.6) is 0 Å². The van der Waals surface area contributed by atoms with Crippen molar-refractivity contribution in [2.24, 2.45) is 5.73 Å². The highest BCUT2D eigenvalue weighted by Gasteiger charge is 2.34. The lowest BCUT2D eigenvalue weighted by Gasteiger charge is -2.08. The van der Waals surface area contributed by atoms with Crippen LogP contribution in [-0.2, 0) is 12.7 Å². The molecule has 0 radical (unpaired) electrons. The zero-order valence-electron chi connectivity index (χ0n) is 6.40. The van der Waals surface area contributed by atoms with Gasteiger partial charge in [0.1, 0.15) is 0 Å². The van der Waals surface area contributed by atoms with Gasteiger partial charge in [0.15, 0.2) is 5.69 Å². The molecule has 0 aliphatic rings. The fraction of sp³-hybridized carbons (Fsp3) is 0.286. The Morgan fingerprint density at radius 2 is 2.00 bits per heavy atom. The first-order valence-corrected chi connectivity index (χ1v) is 4.45. The van der Waals surface area contributed by atoms with Crippen LogP contribution in [0.4, 0.5) is 13.2 Å². The van der Waals surface area contributed by atoms with E-state index in [1.807, 2.05) is 0 Å². The van der Waals surface area contributed by atoms with E-state index < -0.39 is 11.9 Å². The monoisotopic (exact) mass is 302 g/mol. The molecule has 0 atom stereocenters. The van der Waals surface area contributed by atoms with Gasteiger partial charge in [0.2, 0.25) is 0 Å². The fourth-order valence-electron chi connectivity index (χ4n) is 0.795. The quantitative estimate of drug-likeness (QED) is 0.808. The maximum atomic E-state index is 12.3. The van der Waals surface area contributed by atoms with Crippen molar-refractivity contribution in [2.75, 3.05) is 0 Å². The molecule has 13 heavy (non-hydrogen) atoms. The summed E-state index contributed by atoms with van der Waals surface area (Å²) >= 11 is 1.60. The van der Waals surface area contributed by atoms with E-state index in [1.165, 1.54) is 12.1 Å². The third-order valence-corrected chi connectivity index (χ3v) is 2.25. The van der Waals surface area contributed by atoms with Gasteiger partial charge >= 0.3 is 6.18 Å². The van der Waals surface area contributed by atoms with E-state index in [0.29, 0.717) is 0 Å². The molecule has 0 amide bonds. The SMILES string of the molecule is NCc1ccc(I)c(C(F)(F)F)n1. The standard InChI is InChI=1S/C7H6F3IN2/c8-7(9,10)6-5(11)2-1-4(3-12)13-6/h1-2H,3,12H2. The minimum atomic E-state index is -4.40. The lowest BCUT2D eigenvalue weighted by molar-refractivity contribution is -0.142. The van der Waals surface area contributed by atoms with Crippen LogP contribution in [0.2, 0.25) is 0 Å². The number of hydrogen-bond donors (Lipinski definition) is 1. The number of alkyl halides is 3. The Morgan fingerprint density at radius 3 is 2.46 bits per heavy atom. The third kappa shape index (κ3) is 2.53. The zero-order chi connectivity index (χ0) is 10.1. The van der Waals surface area contributed by atoms with Crippen LogP contribution in [0, 0.1) is 3.57 Å². The summed E-state index contributed by atoms with van der Waals surface area (Å²) in [6, 6.07) is 2.84. The molecule has 1 aromatic heterocycles. The molecule has 1 heterocycles. The molecule has 0 fully saturated rings. The molecular weight excluding hydrogens is 296 g/mol. The van der Waals surface area contributed by atoms with E-state index in [2.05, 4.69) is 4.98 Å². The van der Waals surface area contributed by atoms with Crippen molar-refractivity contribution in [2.45, 2.75) is 12.7 Å². The summed E-state index contributed by atoms with van der Waals surface area (Å²) in [5.74, 6) is 0. The van der Waals surface area contributed by atoms with Crippen LogP contribution in [0.15, 0.2) is 12.1 Å². The smallest absolute Gasteiger partial charge is 0.325 e. The minimum Gasteiger partial charge on any atom is -0.325 e. The normalized spacial score (nSPS) is 11.8. The minimum absolute atomic E-state index is 0.0139. The van der Waals surface area contributed by atoms with Gasteiger partial charge < -0.3 is 5.73 Å². The number of hydrogen-bond acceptors (Lipinski definition) is 2. The van der Waals surface area contributed by atoms with E-state index in [1.54, 1.807) is 22.6 Å². The van der Waals surface area contributed by atoms with Crippen molar-refractivity contribution in [3.05, 3.63) is 27.1 Å². The van der Waals surface area contributed by atoms with Crippen LogP contribution in [0.1, 0.15) is 11.4 Å². The van der Waals surface area contributed by atoms with Crippen LogP contribution < -0.4 is 5.73 Å². The van der Waals surface area contributed by atoms with E-state index >= 15 is 0 Å². The molecule has 0 aliphatic heterocycles. The molecule has 1 aromatic rings. The summed E-state index contributed by atoms with van der Waals surface area (Å²) in [6.45, 7) is 0.0139. The first-order valence-electron chi connectivity index (χ1n) is 3.38.